The maximum Gasteiger partial charge on any atom is 0.273 e. The maximum atomic E-state index is 4.50. The highest BCUT2D eigenvalue weighted by atomic mass is 15.1. The molecule has 0 saturated heterocycles. The van der Waals surface area contributed by atoms with Gasteiger partial charge in [-0.3, -0.25) is 15.3 Å². The SMILES string of the molecule is Cc1ccc(Nc2c(-c3ccccn3)[nH]c3cc(C)cc[n+]23)cc1. The zero-order valence-corrected chi connectivity index (χ0v) is 13.7. The van der Waals surface area contributed by atoms with E-state index in [9.17, 15) is 0 Å². The summed E-state index contributed by atoms with van der Waals surface area (Å²) >= 11 is 0. The highest BCUT2D eigenvalue weighted by molar-refractivity contribution is 5.73. The van der Waals surface area contributed by atoms with Gasteiger partial charge in [0.2, 0.25) is 5.65 Å². The summed E-state index contributed by atoms with van der Waals surface area (Å²) in [5.74, 6) is 0.979. The quantitative estimate of drug-likeness (QED) is 0.557. The first kappa shape index (κ1) is 14.5. The summed E-state index contributed by atoms with van der Waals surface area (Å²) in [6.07, 6.45) is 3.89. The molecule has 0 unspecified atom stereocenters. The van der Waals surface area contributed by atoms with Gasteiger partial charge < -0.3 is 0 Å². The normalized spacial score (nSPS) is 10.9. The molecule has 0 radical (unpaired) electrons. The first-order valence-corrected chi connectivity index (χ1v) is 8.00. The number of rotatable bonds is 3. The summed E-state index contributed by atoms with van der Waals surface area (Å²) in [4.78, 5) is 7.99. The number of pyridine rings is 2. The molecule has 118 valence electrons. The molecule has 4 nitrogen and oxygen atoms in total. The molecule has 0 saturated carbocycles. The molecule has 0 aliphatic carbocycles. The van der Waals surface area contributed by atoms with E-state index in [0.29, 0.717) is 0 Å². The molecule has 4 heteroatoms. The molecule has 0 bridgehead atoms. The predicted octanol–water partition coefficient (Wildman–Crippen LogP) is 4.18. The van der Waals surface area contributed by atoms with Crippen LogP contribution in [0.5, 0.6) is 0 Å². The topological polar surface area (TPSA) is 44.8 Å². The van der Waals surface area contributed by atoms with Gasteiger partial charge in [0.15, 0.2) is 5.69 Å². The molecule has 2 N–H and O–H groups in total. The molecule has 3 heterocycles. The Hall–Kier alpha value is -3.14. The van der Waals surface area contributed by atoms with Crippen molar-refractivity contribution in [3.63, 3.8) is 0 Å². The smallest absolute Gasteiger partial charge is 0.270 e. The van der Waals surface area contributed by atoms with Crippen LogP contribution in [-0.2, 0) is 0 Å². The van der Waals surface area contributed by atoms with Crippen molar-refractivity contribution in [2.75, 3.05) is 5.32 Å². The molecule has 0 atom stereocenters. The van der Waals surface area contributed by atoms with Gasteiger partial charge >= 0.3 is 0 Å². The summed E-state index contributed by atoms with van der Waals surface area (Å²) in [5, 5.41) is 3.53. The van der Waals surface area contributed by atoms with Crippen molar-refractivity contribution in [3.8, 4) is 11.4 Å². The van der Waals surface area contributed by atoms with Crippen molar-refractivity contribution in [2.24, 2.45) is 0 Å². The number of fused-ring (bicyclic) bond motifs is 1. The average Bonchev–Trinajstić information content (AvgIpc) is 2.95. The van der Waals surface area contributed by atoms with Crippen molar-refractivity contribution >= 4 is 17.2 Å². The van der Waals surface area contributed by atoms with Gasteiger partial charge in [-0.2, -0.15) is 0 Å². The molecule has 1 aromatic carbocycles. The molecule has 3 aromatic heterocycles. The van der Waals surface area contributed by atoms with E-state index >= 15 is 0 Å². The molecule has 4 rings (SSSR count). The Morgan fingerprint density at radius 1 is 0.958 bits per heavy atom. The van der Waals surface area contributed by atoms with Crippen molar-refractivity contribution in [1.29, 1.82) is 0 Å². The first-order chi connectivity index (χ1) is 11.7. The highest BCUT2D eigenvalue weighted by Crippen LogP contribution is 2.26. The third-order valence-corrected chi connectivity index (χ3v) is 4.08. The number of aromatic amines is 1. The van der Waals surface area contributed by atoms with Gasteiger partial charge in [-0.15, -0.1) is 0 Å². The fourth-order valence-electron chi connectivity index (χ4n) is 2.80. The number of aryl methyl sites for hydroxylation is 2. The number of nitrogens with one attached hydrogen (secondary N) is 2. The number of anilines is 2. The van der Waals surface area contributed by atoms with E-state index < -0.39 is 0 Å². The number of H-pyrrole nitrogens is 1. The Balaban J connectivity index is 1.89. The summed E-state index contributed by atoms with van der Waals surface area (Å²) in [6, 6.07) is 18.6. The maximum absolute atomic E-state index is 4.50. The first-order valence-electron chi connectivity index (χ1n) is 8.00. The van der Waals surface area contributed by atoms with E-state index in [2.05, 4.69) is 76.1 Å². The van der Waals surface area contributed by atoms with Crippen LogP contribution in [0, 0.1) is 13.8 Å². The van der Waals surface area contributed by atoms with Crippen LogP contribution in [0.15, 0.2) is 67.0 Å². The summed E-state index contributed by atoms with van der Waals surface area (Å²) in [6.45, 7) is 4.18. The molecule has 0 spiro atoms. The standard InChI is InChI=1S/C20H18N4/c1-14-6-8-16(9-7-14)22-20-19(17-5-3-4-11-21-17)23-18-13-15(2)10-12-24(18)20/h3-13H,1-2H3,(H,21,22)/p+1. The fraction of sp³-hybridized carbons (Fsp3) is 0.100. The second-order valence-corrected chi connectivity index (χ2v) is 6.01. The lowest BCUT2D eigenvalue weighted by atomic mass is 10.2. The van der Waals surface area contributed by atoms with E-state index in [-0.39, 0.29) is 0 Å². The predicted molar refractivity (Wildman–Crippen MR) is 96.4 cm³/mol. The second kappa shape index (κ2) is 5.81. The summed E-state index contributed by atoms with van der Waals surface area (Å²) in [7, 11) is 0. The number of imidazole rings is 1. The molecule has 0 aliphatic heterocycles. The number of nitrogens with zero attached hydrogens (tertiary/aromatic N) is 2. The second-order valence-electron chi connectivity index (χ2n) is 6.01. The zero-order chi connectivity index (χ0) is 16.5. The van der Waals surface area contributed by atoms with E-state index in [0.717, 1.165) is 28.5 Å². The number of hydrogen-bond acceptors (Lipinski definition) is 2. The van der Waals surface area contributed by atoms with E-state index in [4.69, 9.17) is 0 Å². The van der Waals surface area contributed by atoms with Crippen LogP contribution < -0.4 is 9.72 Å². The van der Waals surface area contributed by atoms with Crippen molar-refractivity contribution in [2.45, 2.75) is 13.8 Å². The Morgan fingerprint density at radius 3 is 2.54 bits per heavy atom. The highest BCUT2D eigenvalue weighted by Gasteiger charge is 2.21. The van der Waals surface area contributed by atoms with Crippen LogP contribution >= 0.6 is 0 Å². The lowest BCUT2D eigenvalue weighted by molar-refractivity contribution is -0.494. The van der Waals surface area contributed by atoms with Gasteiger partial charge in [0.05, 0.1) is 11.9 Å². The van der Waals surface area contributed by atoms with Gasteiger partial charge in [-0.25, -0.2) is 4.40 Å². The van der Waals surface area contributed by atoms with Crippen molar-refractivity contribution < 1.29 is 4.40 Å². The van der Waals surface area contributed by atoms with Crippen molar-refractivity contribution in [3.05, 3.63) is 78.1 Å². The van der Waals surface area contributed by atoms with Crippen LogP contribution in [-0.4, -0.2) is 9.97 Å². The lowest BCUT2D eigenvalue weighted by Gasteiger charge is -2.03. The number of hydrogen-bond donors (Lipinski definition) is 2. The van der Waals surface area contributed by atoms with Crippen LogP contribution in [0.25, 0.3) is 17.0 Å². The monoisotopic (exact) mass is 315 g/mol. The molecule has 0 aliphatic rings. The Labute approximate surface area is 140 Å². The third kappa shape index (κ3) is 2.63. The fourth-order valence-corrected chi connectivity index (χ4v) is 2.80. The number of aromatic nitrogens is 3. The van der Waals surface area contributed by atoms with Gasteiger partial charge in [0.1, 0.15) is 5.69 Å². The Kier molecular flexibility index (Phi) is 3.50. The minimum atomic E-state index is 0.911. The van der Waals surface area contributed by atoms with Crippen LogP contribution in [0.3, 0.4) is 0 Å². The van der Waals surface area contributed by atoms with Crippen molar-refractivity contribution in [1.82, 2.24) is 9.97 Å². The van der Waals surface area contributed by atoms with E-state index in [1.54, 1.807) is 0 Å². The average molecular weight is 315 g/mol. The minimum Gasteiger partial charge on any atom is -0.270 e. The molecular weight excluding hydrogens is 296 g/mol. The number of benzene rings is 1. The Bertz CT molecular complexity index is 986. The van der Waals surface area contributed by atoms with Gasteiger partial charge in [0, 0.05) is 12.3 Å². The summed E-state index contributed by atoms with van der Waals surface area (Å²) < 4.78 is 2.12. The third-order valence-electron chi connectivity index (χ3n) is 4.08. The largest absolute Gasteiger partial charge is 0.273 e. The van der Waals surface area contributed by atoms with E-state index in [1.807, 2.05) is 24.4 Å². The van der Waals surface area contributed by atoms with Crippen LogP contribution in [0.2, 0.25) is 0 Å². The lowest BCUT2D eigenvalue weighted by Crippen LogP contribution is -2.22. The molecular formula is C20H19N4+. The van der Waals surface area contributed by atoms with Crippen LogP contribution in [0.1, 0.15) is 11.1 Å². The van der Waals surface area contributed by atoms with Gasteiger partial charge in [0.25, 0.3) is 5.82 Å². The van der Waals surface area contributed by atoms with E-state index in [1.165, 1.54) is 11.1 Å². The molecule has 24 heavy (non-hydrogen) atoms. The van der Waals surface area contributed by atoms with Crippen LogP contribution in [0.4, 0.5) is 11.5 Å². The van der Waals surface area contributed by atoms with Gasteiger partial charge in [-0.05, 0) is 49.7 Å². The molecule has 0 fully saturated rings. The minimum absolute atomic E-state index is 0.911. The molecule has 4 aromatic rings. The Morgan fingerprint density at radius 2 is 1.79 bits per heavy atom. The van der Waals surface area contributed by atoms with Gasteiger partial charge in [-0.1, -0.05) is 23.8 Å². The zero-order valence-electron chi connectivity index (χ0n) is 13.7. The molecule has 0 amide bonds. The summed E-state index contributed by atoms with van der Waals surface area (Å²) in [5.41, 5.74) is 6.42.